The molecule has 0 aromatic heterocycles. The van der Waals surface area contributed by atoms with Crippen LogP contribution in [0.25, 0.3) is 0 Å². The normalized spacial score (nSPS) is 51.9. The van der Waals surface area contributed by atoms with Crippen molar-refractivity contribution in [3.05, 3.63) is 12.2 Å². The Balaban J connectivity index is 1.93. The summed E-state index contributed by atoms with van der Waals surface area (Å²) in [5.74, 6) is 4.87. The molecule has 5 atom stereocenters. The van der Waals surface area contributed by atoms with Gasteiger partial charge in [0.1, 0.15) is 0 Å². The van der Waals surface area contributed by atoms with Crippen LogP contribution in [0.15, 0.2) is 12.2 Å². The molecular weight excluding hydrogens is 180 g/mol. The highest BCUT2D eigenvalue weighted by Crippen LogP contribution is 2.70. The molecule has 0 radical (unpaired) electrons. The van der Waals surface area contributed by atoms with E-state index in [1.165, 1.54) is 25.7 Å². The average Bonchev–Trinajstić information content (AvgIpc) is 2.55. The Morgan fingerprint density at radius 3 is 2.67 bits per heavy atom. The molecule has 15 heavy (non-hydrogen) atoms. The van der Waals surface area contributed by atoms with E-state index in [9.17, 15) is 0 Å². The Morgan fingerprint density at radius 2 is 1.93 bits per heavy atom. The predicted molar refractivity (Wildman–Crippen MR) is 64.5 cm³/mol. The van der Waals surface area contributed by atoms with Crippen LogP contribution in [0.2, 0.25) is 0 Å². The maximum atomic E-state index is 4.35. The van der Waals surface area contributed by atoms with Crippen molar-refractivity contribution in [1.29, 1.82) is 0 Å². The lowest BCUT2D eigenvalue weighted by molar-refractivity contribution is 0.280. The van der Waals surface area contributed by atoms with Gasteiger partial charge in [-0.1, -0.05) is 32.9 Å². The molecule has 0 aromatic rings. The zero-order chi connectivity index (χ0) is 10.8. The monoisotopic (exact) mass is 204 g/mol. The van der Waals surface area contributed by atoms with Crippen LogP contribution in [-0.2, 0) is 0 Å². The first-order chi connectivity index (χ1) is 7.03. The van der Waals surface area contributed by atoms with E-state index in [2.05, 4.69) is 27.4 Å². The maximum absolute atomic E-state index is 4.35. The minimum atomic E-state index is 0.655. The first-order valence-corrected chi connectivity index (χ1v) is 6.71. The summed E-state index contributed by atoms with van der Waals surface area (Å²) in [6, 6.07) is 0. The van der Waals surface area contributed by atoms with E-state index in [1.54, 1.807) is 5.57 Å². The lowest BCUT2D eigenvalue weighted by atomic mass is 9.80. The molecule has 0 heteroatoms. The van der Waals surface area contributed by atoms with Gasteiger partial charge >= 0.3 is 0 Å². The van der Waals surface area contributed by atoms with Crippen LogP contribution in [0.3, 0.4) is 0 Å². The third-order valence-corrected chi connectivity index (χ3v) is 5.91. The number of hydrogen-bond donors (Lipinski definition) is 0. The van der Waals surface area contributed by atoms with Gasteiger partial charge < -0.3 is 0 Å². The summed E-state index contributed by atoms with van der Waals surface area (Å²) >= 11 is 0. The highest BCUT2D eigenvalue weighted by molar-refractivity contribution is 5.20. The third-order valence-electron chi connectivity index (χ3n) is 5.91. The van der Waals surface area contributed by atoms with Gasteiger partial charge in [-0.25, -0.2) is 0 Å². The number of allylic oxidation sites excluding steroid dienone is 1. The Labute approximate surface area is 94.1 Å². The molecule has 3 rings (SSSR count). The van der Waals surface area contributed by atoms with E-state index in [0.717, 1.165) is 29.6 Å². The van der Waals surface area contributed by atoms with E-state index in [-0.39, 0.29) is 0 Å². The lowest BCUT2D eigenvalue weighted by Gasteiger charge is -2.25. The van der Waals surface area contributed by atoms with E-state index in [1.807, 2.05) is 0 Å². The molecule has 0 heterocycles. The molecule has 3 saturated carbocycles. The van der Waals surface area contributed by atoms with Crippen LogP contribution in [0.1, 0.15) is 46.5 Å². The summed E-state index contributed by atoms with van der Waals surface area (Å²) in [5, 5.41) is 0. The first-order valence-electron chi connectivity index (χ1n) is 6.71. The SMILES string of the molecule is C=C1CC[C@@H]2[C@@H]([C@@H]3[C@@H](C)CC[C@@H]13)C2(C)C. The standard InChI is InChI=1S/C15H24/c1-9-6-8-12-14(15(12,3)4)13-10(2)5-7-11(9)13/h10-14H,1,5-8H2,2-4H3/t10-,11-,12+,13+,14-/m0/s1. The second-order valence-corrected chi connectivity index (χ2v) is 6.89. The number of rotatable bonds is 0. The molecular formula is C15H24. The van der Waals surface area contributed by atoms with Crippen molar-refractivity contribution >= 4 is 0 Å². The van der Waals surface area contributed by atoms with Crippen LogP contribution < -0.4 is 0 Å². The summed E-state index contributed by atoms with van der Waals surface area (Å²) < 4.78 is 0. The number of fused-ring (bicyclic) bond motifs is 3. The van der Waals surface area contributed by atoms with Crippen LogP contribution in [0, 0.1) is 35.0 Å². The molecule has 0 bridgehead atoms. The van der Waals surface area contributed by atoms with Crippen molar-refractivity contribution < 1.29 is 0 Å². The van der Waals surface area contributed by atoms with Gasteiger partial charge in [0.25, 0.3) is 0 Å². The fourth-order valence-corrected chi connectivity index (χ4v) is 4.93. The van der Waals surface area contributed by atoms with Gasteiger partial charge in [0.15, 0.2) is 0 Å². The highest BCUT2D eigenvalue weighted by Gasteiger charge is 2.64. The molecule has 0 aliphatic heterocycles. The predicted octanol–water partition coefficient (Wildman–Crippen LogP) is 4.27. The minimum absolute atomic E-state index is 0.655. The van der Waals surface area contributed by atoms with Crippen molar-refractivity contribution in [2.45, 2.75) is 46.5 Å². The second-order valence-electron chi connectivity index (χ2n) is 6.89. The number of hydrogen-bond acceptors (Lipinski definition) is 0. The average molecular weight is 204 g/mol. The van der Waals surface area contributed by atoms with E-state index >= 15 is 0 Å². The van der Waals surface area contributed by atoms with Gasteiger partial charge in [0.2, 0.25) is 0 Å². The fraction of sp³-hybridized carbons (Fsp3) is 0.867. The summed E-state index contributed by atoms with van der Waals surface area (Å²) in [5.41, 5.74) is 2.25. The van der Waals surface area contributed by atoms with Gasteiger partial charge in [-0.15, -0.1) is 0 Å². The molecule has 0 spiro atoms. The van der Waals surface area contributed by atoms with Crippen molar-refractivity contribution in [2.24, 2.45) is 35.0 Å². The molecule has 0 amide bonds. The minimum Gasteiger partial charge on any atom is -0.0996 e. The van der Waals surface area contributed by atoms with Gasteiger partial charge in [-0.3, -0.25) is 0 Å². The largest absolute Gasteiger partial charge is 0.0996 e. The second kappa shape index (κ2) is 2.90. The smallest absolute Gasteiger partial charge is 0.0172 e. The summed E-state index contributed by atoms with van der Waals surface area (Å²) in [6.07, 6.45) is 5.63. The molecule has 84 valence electrons. The summed E-state index contributed by atoms with van der Waals surface area (Å²) in [6.45, 7) is 11.8. The molecule has 0 saturated heterocycles. The molecule has 0 unspecified atom stereocenters. The van der Waals surface area contributed by atoms with Crippen LogP contribution in [0.5, 0.6) is 0 Å². The third kappa shape index (κ3) is 1.20. The first kappa shape index (κ1) is 9.93. The summed E-state index contributed by atoms with van der Waals surface area (Å²) in [4.78, 5) is 0. The Kier molecular flexibility index (Phi) is 1.92. The Morgan fingerprint density at radius 1 is 1.20 bits per heavy atom. The van der Waals surface area contributed by atoms with Gasteiger partial charge in [0.05, 0.1) is 0 Å². The topological polar surface area (TPSA) is 0 Å². The zero-order valence-electron chi connectivity index (χ0n) is 10.4. The van der Waals surface area contributed by atoms with Crippen molar-refractivity contribution in [3.8, 4) is 0 Å². The van der Waals surface area contributed by atoms with Crippen molar-refractivity contribution in [1.82, 2.24) is 0 Å². The van der Waals surface area contributed by atoms with Crippen molar-refractivity contribution in [2.75, 3.05) is 0 Å². The van der Waals surface area contributed by atoms with Gasteiger partial charge in [-0.2, -0.15) is 0 Å². The molecule has 3 aliphatic carbocycles. The van der Waals surface area contributed by atoms with E-state index in [0.29, 0.717) is 5.41 Å². The van der Waals surface area contributed by atoms with E-state index < -0.39 is 0 Å². The van der Waals surface area contributed by atoms with Crippen LogP contribution in [0.4, 0.5) is 0 Å². The Bertz CT molecular complexity index is 299. The molecule has 3 aliphatic rings. The van der Waals surface area contributed by atoms with Crippen molar-refractivity contribution in [3.63, 3.8) is 0 Å². The molecule has 0 nitrogen and oxygen atoms in total. The molecule has 3 fully saturated rings. The summed E-state index contributed by atoms with van der Waals surface area (Å²) in [7, 11) is 0. The molecule has 0 N–H and O–H groups in total. The Hall–Kier alpha value is -0.260. The zero-order valence-corrected chi connectivity index (χ0v) is 10.4. The fourth-order valence-electron chi connectivity index (χ4n) is 4.93. The molecule has 0 aromatic carbocycles. The van der Waals surface area contributed by atoms with Gasteiger partial charge in [-0.05, 0) is 60.7 Å². The van der Waals surface area contributed by atoms with Gasteiger partial charge in [0, 0.05) is 0 Å². The van der Waals surface area contributed by atoms with Crippen LogP contribution >= 0.6 is 0 Å². The highest BCUT2D eigenvalue weighted by atomic mass is 14.7. The van der Waals surface area contributed by atoms with Crippen LogP contribution in [-0.4, -0.2) is 0 Å². The quantitative estimate of drug-likeness (QED) is 0.517. The maximum Gasteiger partial charge on any atom is -0.0172 e. The van der Waals surface area contributed by atoms with E-state index in [4.69, 9.17) is 0 Å². The lowest BCUT2D eigenvalue weighted by Crippen LogP contribution is -2.18.